The highest BCUT2D eigenvalue weighted by Gasteiger charge is 2.15. The molecule has 0 saturated carbocycles. The van der Waals surface area contributed by atoms with Crippen molar-refractivity contribution in [1.29, 1.82) is 0 Å². The highest BCUT2D eigenvalue weighted by atomic mass is 16.2. The van der Waals surface area contributed by atoms with E-state index in [1.165, 1.54) is 5.56 Å². The molecule has 4 heteroatoms. The Hall–Kier alpha value is -3.53. The molecule has 0 bridgehead atoms. The highest BCUT2D eigenvalue weighted by Crippen LogP contribution is 2.27. The van der Waals surface area contributed by atoms with E-state index in [1.54, 1.807) is 5.01 Å². The summed E-state index contributed by atoms with van der Waals surface area (Å²) in [6.07, 6.45) is 6.27. The molecule has 0 aliphatic heterocycles. The molecule has 0 heterocycles. The molecule has 0 unspecified atom stereocenters. The van der Waals surface area contributed by atoms with E-state index in [0.717, 1.165) is 35.5 Å². The molecule has 0 radical (unpaired) electrons. The maximum atomic E-state index is 12.8. The van der Waals surface area contributed by atoms with Gasteiger partial charge in [0.2, 0.25) is 0 Å². The Balaban J connectivity index is 1.58. The van der Waals surface area contributed by atoms with Crippen molar-refractivity contribution in [2.45, 2.75) is 12.8 Å². The summed E-state index contributed by atoms with van der Waals surface area (Å²) in [6, 6.07) is 25.3. The summed E-state index contributed by atoms with van der Waals surface area (Å²) in [5.74, 6) is 0. The summed E-state index contributed by atoms with van der Waals surface area (Å²) in [7, 11) is 0. The lowest BCUT2D eigenvalue weighted by molar-refractivity contribution is 0.252. The molecule has 0 fully saturated rings. The minimum Gasteiger partial charge on any atom is -0.306 e. The van der Waals surface area contributed by atoms with E-state index in [2.05, 4.69) is 29.0 Å². The zero-order valence-corrected chi connectivity index (χ0v) is 14.9. The number of carbonyl (C=O) groups is 1. The van der Waals surface area contributed by atoms with Crippen LogP contribution in [0.2, 0.25) is 0 Å². The zero-order chi connectivity index (χ0) is 18.5. The van der Waals surface area contributed by atoms with Gasteiger partial charge in [0.05, 0.1) is 11.4 Å². The highest BCUT2D eigenvalue weighted by molar-refractivity contribution is 5.94. The molecule has 3 aromatic rings. The van der Waals surface area contributed by atoms with E-state index in [1.807, 2.05) is 72.8 Å². The van der Waals surface area contributed by atoms with E-state index in [-0.39, 0.29) is 6.03 Å². The number of allylic oxidation sites excluding steroid dienone is 1. The van der Waals surface area contributed by atoms with E-state index < -0.39 is 0 Å². The zero-order valence-electron chi connectivity index (χ0n) is 14.9. The van der Waals surface area contributed by atoms with E-state index >= 15 is 0 Å². The molecule has 0 spiro atoms. The number of hydrogen-bond acceptors (Lipinski definition) is 2. The van der Waals surface area contributed by atoms with Crippen LogP contribution in [-0.2, 0) is 6.42 Å². The van der Waals surface area contributed by atoms with Gasteiger partial charge in [-0.15, -0.1) is 0 Å². The Bertz CT molecular complexity index is 912. The van der Waals surface area contributed by atoms with Crippen LogP contribution in [0.15, 0.2) is 84.9 Å². The molecular formula is C23H21N3O. The summed E-state index contributed by atoms with van der Waals surface area (Å²) in [5.41, 5.74) is 7.90. The summed E-state index contributed by atoms with van der Waals surface area (Å²) in [6.45, 7) is 0. The SMILES string of the molecule is O=C(Nc1cccc2c1C=CCC2)NN(c1ccccc1)c1ccccc1. The average Bonchev–Trinajstić information content (AvgIpc) is 2.73. The summed E-state index contributed by atoms with van der Waals surface area (Å²) >= 11 is 0. The third-order valence-corrected chi connectivity index (χ3v) is 4.55. The molecule has 0 saturated heterocycles. The van der Waals surface area contributed by atoms with Gasteiger partial charge in [-0.1, -0.05) is 60.7 Å². The number of urea groups is 1. The van der Waals surface area contributed by atoms with Gasteiger partial charge in [0.25, 0.3) is 0 Å². The molecule has 3 aromatic carbocycles. The molecule has 134 valence electrons. The first kappa shape index (κ1) is 16.9. The van der Waals surface area contributed by atoms with Gasteiger partial charge in [-0.25, -0.2) is 10.2 Å². The van der Waals surface area contributed by atoms with Crippen molar-refractivity contribution < 1.29 is 4.79 Å². The molecular weight excluding hydrogens is 334 g/mol. The van der Waals surface area contributed by atoms with Crippen LogP contribution in [0.25, 0.3) is 6.08 Å². The fourth-order valence-electron chi connectivity index (χ4n) is 3.26. The van der Waals surface area contributed by atoms with Crippen LogP contribution < -0.4 is 15.8 Å². The molecule has 4 nitrogen and oxygen atoms in total. The lowest BCUT2D eigenvalue weighted by atomic mass is 9.96. The number of para-hydroxylation sites is 2. The van der Waals surface area contributed by atoms with Crippen LogP contribution in [0, 0.1) is 0 Å². The number of fused-ring (bicyclic) bond motifs is 1. The number of carbonyl (C=O) groups excluding carboxylic acids is 1. The molecule has 1 aliphatic rings. The lowest BCUT2D eigenvalue weighted by Gasteiger charge is -2.26. The summed E-state index contributed by atoms with van der Waals surface area (Å²) in [4.78, 5) is 12.8. The Labute approximate surface area is 159 Å². The number of nitrogens with zero attached hydrogens (tertiary/aromatic N) is 1. The maximum absolute atomic E-state index is 12.8. The second-order valence-electron chi connectivity index (χ2n) is 6.39. The number of aryl methyl sites for hydroxylation is 1. The Morgan fingerprint density at radius 1 is 0.815 bits per heavy atom. The topological polar surface area (TPSA) is 44.4 Å². The van der Waals surface area contributed by atoms with Crippen molar-refractivity contribution in [2.75, 3.05) is 10.3 Å². The van der Waals surface area contributed by atoms with E-state index in [4.69, 9.17) is 0 Å². The van der Waals surface area contributed by atoms with Gasteiger partial charge in [-0.05, 0) is 48.7 Å². The third-order valence-electron chi connectivity index (χ3n) is 4.55. The van der Waals surface area contributed by atoms with Crippen molar-refractivity contribution in [1.82, 2.24) is 5.43 Å². The molecule has 0 atom stereocenters. The van der Waals surface area contributed by atoms with Gasteiger partial charge in [0.15, 0.2) is 0 Å². The minimum absolute atomic E-state index is 0.282. The predicted molar refractivity (Wildman–Crippen MR) is 111 cm³/mol. The smallest absolute Gasteiger partial charge is 0.306 e. The monoisotopic (exact) mass is 355 g/mol. The fourth-order valence-corrected chi connectivity index (χ4v) is 3.26. The molecule has 27 heavy (non-hydrogen) atoms. The van der Waals surface area contributed by atoms with Gasteiger partial charge in [0, 0.05) is 11.3 Å². The van der Waals surface area contributed by atoms with Crippen molar-refractivity contribution in [3.63, 3.8) is 0 Å². The molecule has 2 amide bonds. The van der Waals surface area contributed by atoms with Crippen LogP contribution in [0.5, 0.6) is 0 Å². The van der Waals surface area contributed by atoms with Crippen LogP contribution in [0.4, 0.5) is 21.9 Å². The normalized spacial score (nSPS) is 12.1. The first-order valence-corrected chi connectivity index (χ1v) is 9.07. The average molecular weight is 355 g/mol. The van der Waals surface area contributed by atoms with Crippen LogP contribution in [-0.4, -0.2) is 6.03 Å². The molecule has 1 aliphatic carbocycles. The van der Waals surface area contributed by atoms with Crippen molar-refractivity contribution >= 4 is 29.2 Å². The van der Waals surface area contributed by atoms with Gasteiger partial charge < -0.3 is 5.32 Å². The first-order valence-electron chi connectivity index (χ1n) is 9.07. The Morgan fingerprint density at radius 2 is 1.48 bits per heavy atom. The molecule has 0 aromatic heterocycles. The number of benzene rings is 3. The molecule has 4 rings (SSSR count). The van der Waals surface area contributed by atoms with Gasteiger partial charge in [-0.2, -0.15) is 0 Å². The number of amides is 2. The number of nitrogens with one attached hydrogen (secondary N) is 2. The summed E-state index contributed by atoms with van der Waals surface area (Å²) < 4.78 is 0. The Kier molecular flexibility index (Phi) is 4.88. The van der Waals surface area contributed by atoms with Crippen molar-refractivity contribution in [3.8, 4) is 0 Å². The van der Waals surface area contributed by atoms with Crippen LogP contribution >= 0.6 is 0 Å². The Morgan fingerprint density at radius 3 is 2.15 bits per heavy atom. The second kappa shape index (κ2) is 7.79. The number of hydrogen-bond donors (Lipinski definition) is 2. The number of rotatable bonds is 4. The minimum atomic E-state index is -0.282. The van der Waals surface area contributed by atoms with Crippen molar-refractivity contribution in [3.05, 3.63) is 96.1 Å². The standard InChI is InChI=1S/C23H21N3O/c27-23(24-22-17-9-11-18-10-7-8-16-21(18)22)25-26(19-12-3-1-4-13-19)20-14-5-2-6-15-20/h1-6,8-9,11-17H,7,10H2,(H2,24,25,27). The predicted octanol–water partition coefficient (Wildman–Crippen LogP) is 5.52. The van der Waals surface area contributed by atoms with Crippen LogP contribution in [0.3, 0.4) is 0 Å². The van der Waals surface area contributed by atoms with Gasteiger partial charge >= 0.3 is 6.03 Å². The fraction of sp³-hybridized carbons (Fsp3) is 0.0870. The quantitative estimate of drug-likeness (QED) is 0.605. The van der Waals surface area contributed by atoms with E-state index in [0.29, 0.717) is 0 Å². The summed E-state index contributed by atoms with van der Waals surface area (Å²) in [5, 5.41) is 4.78. The van der Waals surface area contributed by atoms with Gasteiger partial charge in [-0.3, -0.25) is 5.01 Å². The van der Waals surface area contributed by atoms with E-state index in [9.17, 15) is 4.79 Å². The largest absolute Gasteiger partial charge is 0.338 e. The number of anilines is 3. The molecule has 2 N–H and O–H groups in total. The maximum Gasteiger partial charge on any atom is 0.338 e. The van der Waals surface area contributed by atoms with Gasteiger partial charge in [0.1, 0.15) is 0 Å². The second-order valence-corrected chi connectivity index (χ2v) is 6.39. The number of hydrazine groups is 1. The van der Waals surface area contributed by atoms with Crippen molar-refractivity contribution in [2.24, 2.45) is 0 Å². The third kappa shape index (κ3) is 3.85. The first-order chi connectivity index (χ1) is 13.3. The lowest BCUT2D eigenvalue weighted by Crippen LogP contribution is -2.41. The van der Waals surface area contributed by atoms with Crippen LogP contribution in [0.1, 0.15) is 17.5 Å².